The summed E-state index contributed by atoms with van der Waals surface area (Å²) < 4.78 is 12.8. The molecule has 1 spiro atoms. The molecule has 0 bridgehead atoms. The number of para-hydroxylation sites is 1. The largest absolute Gasteiger partial charge is 0.497 e. The van der Waals surface area contributed by atoms with Crippen LogP contribution in [-0.4, -0.2) is 61.7 Å². The number of carbonyl (C=O) groups excluding carboxylic acids is 3. The van der Waals surface area contributed by atoms with Crippen molar-refractivity contribution in [1.82, 2.24) is 4.90 Å². The van der Waals surface area contributed by atoms with Crippen molar-refractivity contribution in [2.24, 2.45) is 5.92 Å². The number of ether oxygens (including phenoxy) is 2. The number of rotatable bonds is 9. The molecule has 0 radical (unpaired) electrons. The molecule has 5 aromatic carbocycles. The lowest BCUT2D eigenvalue weighted by Crippen LogP contribution is -2.52. The topological polar surface area (TPSA) is 99.6 Å². The molecule has 5 atom stereocenters. The zero-order valence-electron chi connectivity index (χ0n) is 34.4. The maximum Gasteiger partial charge on any atom is 0.264 e. The number of aliphatic hydroxyl groups is 1. The van der Waals surface area contributed by atoms with E-state index in [1.54, 1.807) is 27.9 Å². The Morgan fingerprint density at radius 3 is 2.37 bits per heavy atom. The number of hydrogen-bond acceptors (Lipinski definition) is 6. The molecule has 11 heteroatoms. The first kappa shape index (κ1) is 40.2. The lowest BCUT2D eigenvalue weighted by Gasteiger charge is -2.39. The van der Waals surface area contributed by atoms with Crippen molar-refractivity contribution < 1.29 is 29.0 Å². The third-order valence-electron chi connectivity index (χ3n) is 13.7. The summed E-state index contributed by atoms with van der Waals surface area (Å²) in [5, 5.41) is 12.2. The highest BCUT2D eigenvalue weighted by molar-refractivity contribution is 6.91. The number of methoxy groups -OCH3 is 1. The SMILES string of the molecule is COc1ccc([Si](C)(C)[C@H]2[C@H](CC(=O)N3Cc4ccccc4C[C@H]3CO)O[C@@]3(C(=O)N(Cc4cccc(N5C(=O)CCc6ccccc65)c4)c4ccc(Cl)cc43)[C@@H]2C)cc1. The minimum Gasteiger partial charge on any atom is -0.497 e. The third-order valence-corrected chi connectivity index (χ3v) is 18.3. The molecule has 60 heavy (non-hydrogen) atoms. The number of aryl methyl sites for hydroxylation is 1. The molecule has 9 rings (SSSR count). The molecule has 1 N–H and O–H groups in total. The normalized spacial score (nSPS) is 23.5. The summed E-state index contributed by atoms with van der Waals surface area (Å²) in [6, 6.07) is 37.3. The first-order valence-corrected chi connectivity index (χ1v) is 24.3. The van der Waals surface area contributed by atoms with Gasteiger partial charge in [-0.1, -0.05) is 104 Å². The number of halogens is 1. The van der Waals surface area contributed by atoms with Crippen LogP contribution in [-0.2, 0) is 50.7 Å². The van der Waals surface area contributed by atoms with Gasteiger partial charge >= 0.3 is 0 Å². The highest BCUT2D eigenvalue weighted by Gasteiger charge is 2.66. The zero-order chi connectivity index (χ0) is 41.9. The van der Waals surface area contributed by atoms with E-state index >= 15 is 4.79 Å². The van der Waals surface area contributed by atoms with E-state index in [-0.39, 0.29) is 54.8 Å². The number of fused-ring (bicyclic) bond motifs is 4. The van der Waals surface area contributed by atoms with Crippen LogP contribution >= 0.6 is 11.6 Å². The zero-order valence-corrected chi connectivity index (χ0v) is 36.2. The molecule has 4 aliphatic heterocycles. The van der Waals surface area contributed by atoms with Gasteiger partial charge < -0.3 is 24.4 Å². The average Bonchev–Trinajstić information content (AvgIpc) is 3.68. The molecular formula is C49H50ClN3O6Si. The van der Waals surface area contributed by atoms with Crippen LogP contribution in [0.1, 0.15) is 47.6 Å². The molecule has 0 aromatic heterocycles. The van der Waals surface area contributed by atoms with Crippen molar-refractivity contribution in [3.8, 4) is 5.75 Å². The minimum absolute atomic E-state index is 0.0320. The van der Waals surface area contributed by atoms with Crippen molar-refractivity contribution >= 4 is 59.6 Å². The Balaban J connectivity index is 1.09. The molecule has 0 saturated carbocycles. The number of anilines is 3. The maximum absolute atomic E-state index is 15.5. The van der Waals surface area contributed by atoms with E-state index in [1.165, 1.54) is 0 Å². The molecule has 1 saturated heterocycles. The first-order valence-electron chi connectivity index (χ1n) is 20.9. The van der Waals surface area contributed by atoms with Crippen molar-refractivity contribution in [3.63, 3.8) is 0 Å². The molecule has 4 aliphatic rings. The lowest BCUT2D eigenvalue weighted by molar-refractivity contribution is -0.151. The molecule has 3 amide bonds. The summed E-state index contributed by atoms with van der Waals surface area (Å²) in [4.78, 5) is 49.0. The number of carbonyl (C=O) groups is 3. The fourth-order valence-electron chi connectivity index (χ4n) is 10.7. The Bertz CT molecular complexity index is 2490. The number of benzene rings is 5. The first-order chi connectivity index (χ1) is 28.9. The predicted octanol–water partition coefficient (Wildman–Crippen LogP) is 8.06. The van der Waals surface area contributed by atoms with Crippen LogP contribution < -0.4 is 19.7 Å². The second-order valence-electron chi connectivity index (χ2n) is 17.3. The van der Waals surface area contributed by atoms with Crippen LogP contribution in [0.5, 0.6) is 5.75 Å². The van der Waals surface area contributed by atoms with Crippen molar-refractivity contribution in [1.29, 1.82) is 0 Å². The summed E-state index contributed by atoms with van der Waals surface area (Å²) in [5.41, 5.74) is 5.63. The monoisotopic (exact) mass is 839 g/mol. The summed E-state index contributed by atoms with van der Waals surface area (Å²) in [6.07, 6.45) is 1.13. The Morgan fingerprint density at radius 2 is 1.62 bits per heavy atom. The Labute approximate surface area is 357 Å². The molecule has 4 heterocycles. The summed E-state index contributed by atoms with van der Waals surface area (Å²) >= 11 is 6.79. The Morgan fingerprint density at radius 1 is 0.883 bits per heavy atom. The van der Waals surface area contributed by atoms with Gasteiger partial charge in [-0.3, -0.25) is 19.3 Å². The third kappa shape index (κ3) is 6.65. The molecular weight excluding hydrogens is 790 g/mol. The lowest BCUT2D eigenvalue weighted by atomic mass is 9.82. The number of nitrogens with zero attached hydrogens (tertiary/aromatic N) is 3. The fraction of sp³-hybridized carbons (Fsp3) is 0.327. The second-order valence-corrected chi connectivity index (χ2v) is 22.4. The number of amides is 3. The quantitative estimate of drug-likeness (QED) is 0.151. The summed E-state index contributed by atoms with van der Waals surface area (Å²) in [5.74, 6) is 0.132. The van der Waals surface area contributed by atoms with Crippen LogP contribution in [0.3, 0.4) is 0 Å². The van der Waals surface area contributed by atoms with Crippen LogP contribution in [0.2, 0.25) is 23.7 Å². The van der Waals surface area contributed by atoms with Gasteiger partial charge in [0.15, 0.2) is 5.60 Å². The van der Waals surface area contributed by atoms with Gasteiger partial charge in [0, 0.05) is 35.2 Å². The van der Waals surface area contributed by atoms with Crippen LogP contribution in [0, 0.1) is 5.92 Å². The number of hydrogen-bond donors (Lipinski definition) is 1. The van der Waals surface area contributed by atoms with E-state index in [0.29, 0.717) is 42.1 Å². The van der Waals surface area contributed by atoms with Gasteiger partial charge in [0.1, 0.15) is 5.75 Å². The van der Waals surface area contributed by atoms with E-state index in [0.717, 1.165) is 44.6 Å². The molecule has 0 aliphatic carbocycles. The van der Waals surface area contributed by atoms with E-state index in [2.05, 4.69) is 44.3 Å². The van der Waals surface area contributed by atoms with Crippen molar-refractivity contribution in [3.05, 3.63) is 148 Å². The summed E-state index contributed by atoms with van der Waals surface area (Å²) in [7, 11) is -0.916. The van der Waals surface area contributed by atoms with E-state index < -0.39 is 19.8 Å². The second kappa shape index (κ2) is 15.6. The van der Waals surface area contributed by atoms with Crippen LogP contribution in [0.25, 0.3) is 0 Å². The smallest absolute Gasteiger partial charge is 0.264 e. The molecule has 308 valence electrons. The van der Waals surface area contributed by atoms with Gasteiger partial charge in [-0.15, -0.1) is 0 Å². The van der Waals surface area contributed by atoms with E-state index in [1.807, 2.05) is 84.9 Å². The van der Waals surface area contributed by atoms with Crippen molar-refractivity contribution in [2.75, 3.05) is 23.5 Å². The summed E-state index contributed by atoms with van der Waals surface area (Å²) in [6.45, 7) is 7.18. The predicted molar refractivity (Wildman–Crippen MR) is 237 cm³/mol. The Hall–Kier alpha value is -5.26. The fourth-order valence-corrected chi connectivity index (χ4v) is 14.8. The van der Waals surface area contributed by atoms with Gasteiger partial charge in [0.2, 0.25) is 11.8 Å². The standard InChI is InChI=1S/C49H50ClN3O6Si/c1-31-47(60(3,4)40-20-18-39(58-2)19-21-40)44(27-46(56)51-29-35-13-6-5-12-34(35)25-38(51)30-54)59-49(31)41-26-36(50)17-22-43(41)52(48(49)57)28-32-10-9-14-37(24-32)53-42-15-8-7-11-33(42)16-23-45(53)55/h5-15,17-22,24,26,31,38,44,47,54H,16,23,25,27-30H2,1-4H3/t31-,38+,44+,47-,49+/m1/s1. The average molecular weight is 840 g/mol. The highest BCUT2D eigenvalue weighted by Crippen LogP contribution is 2.60. The van der Waals surface area contributed by atoms with E-state index in [4.69, 9.17) is 21.1 Å². The molecule has 5 aromatic rings. The van der Waals surface area contributed by atoms with Crippen LogP contribution in [0.4, 0.5) is 17.1 Å². The number of aliphatic hydroxyl groups excluding tert-OH is 1. The van der Waals surface area contributed by atoms with E-state index in [9.17, 15) is 14.7 Å². The van der Waals surface area contributed by atoms with Crippen LogP contribution in [0.15, 0.2) is 115 Å². The molecule has 1 fully saturated rings. The molecule has 0 unspecified atom stereocenters. The van der Waals surface area contributed by atoms with Gasteiger partial charge in [-0.05, 0) is 89.2 Å². The van der Waals surface area contributed by atoms with Gasteiger partial charge in [0.05, 0.1) is 58.3 Å². The van der Waals surface area contributed by atoms with Gasteiger partial charge in [0.25, 0.3) is 5.91 Å². The maximum atomic E-state index is 15.5. The highest BCUT2D eigenvalue weighted by atomic mass is 35.5. The van der Waals surface area contributed by atoms with Gasteiger partial charge in [-0.2, -0.15) is 0 Å². The van der Waals surface area contributed by atoms with Gasteiger partial charge in [-0.25, -0.2) is 0 Å². The molecule has 9 nitrogen and oxygen atoms in total. The van der Waals surface area contributed by atoms with Crippen molar-refractivity contribution in [2.45, 2.75) is 82.1 Å². The minimum atomic E-state index is -2.57. The Kier molecular flexibility index (Phi) is 10.5.